The number of hydrogen-bond acceptors (Lipinski definition) is 6. The first-order valence-corrected chi connectivity index (χ1v) is 11.7. The minimum Gasteiger partial charge on any atom is -0.496 e. The van der Waals surface area contributed by atoms with E-state index in [1.54, 1.807) is 14.0 Å². The van der Waals surface area contributed by atoms with Gasteiger partial charge in [-0.25, -0.2) is 9.97 Å². The molecule has 32 heavy (non-hydrogen) atoms. The molecule has 1 aromatic carbocycles. The zero-order chi connectivity index (χ0) is 22.7. The summed E-state index contributed by atoms with van der Waals surface area (Å²) >= 11 is 0. The van der Waals surface area contributed by atoms with Crippen LogP contribution in [-0.4, -0.2) is 66.0 Å². The van der Waals surface area contributed by atoms with Gasteiger partial charge in [0, 0.05) is 57.5 Å². The van der Waals surface area contributed by atoms with Crippen molar-refractivity contribution < 1.29 is 9.53 Å². The lowest BCUT2D eigenvalue weighted by Crippen LogP contribution is -2.37. The molecule has 7 heteroatoms. The predicted molar refractivity (Wildman–Crippen MR) is 126 cm³/mol. The Bertz CT molecular complexity index is 969. The summed E-state index contributed by atoms with van der Waals surface area (Å²) < 4.78 is 5.38. The molecule has 3 heterocycles. The second kappa shape index (κ2) is 9.86. The van der Waals surface area contributed by atoms with E-state index in [0.717, 1.165) is 81.4 Å². The van der Waals surface area contributed by atoms with Gasteiger partial charge in [-0.1, -0.05) is 12.1 Å². The average molecular weight is 438 g/mol. The Morgan fingerprint density at radius 2 is 2.00 bits per heavy atom. The summed E-state index contributed by atoms with van der Waals surface area (Å²) in [6, 6.07) is 6.36. The molecule has 1 saturated heterocycles. The molecule has 2 aliphatic rings. The lowest BCUT2D eigenvalue weighted by atomic mass is 9.95. The molecule has 0 atom stereocenters. The smallest absolute Gasteiger partial charge is 0.219 e. The highest BCUT2D eigenvalue weighted by molar-refractivity contribution is 5.73. The average Bonchev–Trinajstić information content (AvgIpc) is 2.79. The molecule has 1 N–H and O–H groups in total. The molecular formula is C25H35N5O2. The van der Waals surface area contributed by atoms with Gasteiger partial charge in [0.1, 0.15) is 17.4 Å². The molecule has 0 spiro atoms. The second-order valence-corrected chi connectivity index (χ2v) is 9.10. The number of likely N-dealkylation sites (N-methyl/N-ethyl adjacent to an activating group) is 1. The van der Waals surface area contributed by atoms with Crippen molar-refractivity contribution in [2.45, 2.75) is 52.0 Å². The van der Waals surface area contributed by atoms with Crippen LogP contribution >= 0.6 is 0 Å². The summed E-state index contributed by atoms with van der Waals surface area (Å²) in [5.41, 5.74) is 4.86. The second-order valence-electron chi connectivity index (χ2n) is 9.10. The van der Waals surface area contributed by atoms with E-state index in [-0.39, 0.29) is 5.91 Å². The lowest BCUT2D eigenvalue weighted by molar-refractivity contribution is -0.129. The molecule has 1 aromatic heterocycles. The van der Waals surface area contributed by atoms with E-state index in [0.29, 0.717) is 5.92 Å². The van der Waals surface area contributed by atoms with Gasteiger partial charge in [-0.05, 0) is 50.4 Å². The number of anilines is 1. The standard InChI is InChI=1S/C25H35N5O2/c1-17-15-19(5-6-23(17)32-4)7-11-26-25-21-16-29(3)12-10-22(21)27-24(28-25)20-8-13-30(14-9-20)18(2)31/h5-6,15,20H,7-14,16H2,1-4H3,(H,26,27,28). The van der Waals surface area contributed by atoms with Crippen molar-refractivity contribution in [3.8, 4) is 5.75 Å². The number of aromatic nitrogens is 2. The van der Waals surface area contributed by atoms with Crippen LogP contribution in [0.4, 0.5) is 5.82 Å². The topological polar surface area (TPSA) is 70.6 Å². The van der Waals surface area contributed by atoms with Crippen LogP contribution in [0.25, 0.3) is 0 Å². The monoisotopic (exact) mass is 437 g/mol. The fourth-order valence-electron chi connectivity index (χ4n) is 4.77. The Morgan fingerprint density at radius 1 is 1.22 bits per heavy atom. The summed E-state index contributed by atoms with van der Waals surface area (Å²) in [6.45, 7) is 8.04. The minimum absolute atomic E-state index is 0.161. The third-order valence-electron chi connectivity index (χ3n) is 6.74. The third kappa shape index (κ3) is 5.04. The van der Waals surface area contributed by atoms with Gasteiger partial charge in [0.25, 0.3) is 0 Å². The number of likely N-dealkylation sites (tertiary alicyclic amines) is 1. The number of rotatable bonds is 6. The zero-order valence-electron chi connectivity index (χ0n) is 19.8. The number of methoxy groups -OCH3 is 1. The highest BCUT2D eigenvalue weighted by Gasteiger charge is 2.27. The van der Waals surface area contributed by atoms with Crippen LogP contribution in [0.15, 0.2) is 18.2 Å². The lowest BCUT2D eigenvalue weighted by Gasteiger charge is -2.32. The molecule has 0 bridgehead atoms. The van der Waals surface area contributed by atoms with Crippen LogP contribution in [0.1, 0.15) is 53.9 Å². The summed E-state index contributed by atoms with van der Waals surface area (Å²) in [5.74, 6) is 3.33. The fourth-order valence-corrected chi connectivity index (χ4v) is 4.77. The summed E-state index contributed by atoms with van der Waals surface area (Å²) in [6.07, 6.45) is 3.75. The first kappa shape index (κ1) is 22.5. The van der Waals surface area contributed by atoms with Gasteiger partial charge in [0.15, 0.2) is 0 Å². The molecule has 2 aliphatic heterocycles. The van der Waals surface area contributed by atoms with Crippen molar-refractivity contribution in [3.05, 3.63) is 46.4 Å². The van der Waals surface area contributed by atoms with Crippen LogP contribution in [-0.2, 0) is 24.2 Å². The Balaban J connectivity index is 1.49. The van der Waals surface area contributed by atoms with Gasteiger partial charge in [0.05, 0.1) is 12.8 Å². The van der Waals surface area contributed by atoms with E-state index in [9.17, 15) is 4.79 Å². The minimum atomic E-state index is 0.161. The number of aryl methyl sites for hydroxylation is 1. The van der Waals surface area contributed by atoms with Crippen molar-refractivity contribution in [1.29, 1.82) is 0 Å². The summed E-state index contributed by atoms with van der Waals surface area (Å²) in [5, 5.41) is 3.62. The fraction of sp³-hybridized carbons (Fsp3) is 0.560. The van der Waals surface area contributed by atoms with Crippen molar-refractivity contribution in [1.82, 2.24) is 19.8 Å². The van der Waals surface area contributed by atoms with E-state index in [4.69, 9.17) is 14.7 Å². The van der Waals surface area contributed by atoms with E-state index < -0.39 is 0 Å². The third-order valence-corrected chi connectivity index (χ3v) is 6.74. The highest BCUT2D eigenvalue weighted by Crippen LogP contribution is 2.30. The molecular weight excluding hydrogens is 402 g/mol. The molecule has 0 aliphatic carbocycles. The Kier molecular flexibility index (Phi) is 6.94. The van der Waals surface area contributed by atoms with E-state index in [1.165, 1.54) is 16.8 Å². The van der Waals surface area contributed by atoms with Crippen molar-refractivity contribution in [2.24, 2.45) is 0 Å². The quantitative estimate of drug-likeness (QED) is 0.749. The first-order valence-electron chi connectivity index (χ1n) is 11.7. The number of carbonyl (C=O) groups excluding carboxylic acids is 1. The SMILES string of the molecule is COc1ccc(CCNc2nc(C3CCN(C(C)=O)CC3)nc3c2CN(C)CC3)cc1C. The van der Waals surface area contributed by atoms with Crippen LogP contribution in [0.3, 0.4) is 0 Å². The maximum absolute atomic E-state index is 11.7. The van der Waals surface area contributed by atoms with Gasteiger partial charge in [-0.2, -0.15) is 0 Å². The van der Waals surface area contributed by atoms with Gasteiger partial charge < -0.3 is 19.9 Å². The number of nitrogens with one attached hydrogen (secondary N) is 1. The number of benzene rings is 1. The van der Waals surface area contributed by atoms with Crippen molar-refractivity contribution in [3.63, 3.8) is 0 Å². The number of nitrogens with zero attached hydrogens (tertiary/aromatic N) is 4. The van der Waals surface area contributed by atoms with E-state index in [1.807, 2.05) is 11.0 Å². The molecule has 0 unspecified atom stereocenters. The molecule has 1 amide bonds. The molecule has 0 radical (unpaired) electrons. The van der Waals surface area contributed by atoms with Gasteiger partial charge in [0.2, 0.25) is 5.91 Å². The number of ether oxygens (including phenoxy) is 1. The molecule has 2 aromatic rings. The molecule has 0 saturated carbocycles. The highest BCUT2D eigenvalue weighted by atomic mass is 16.5. The Morgan fingerprint density at radius 3 is 2.69 bits per heavy atom. The number of carbonyl (C=O) groups is 1. The number of piperidine rings is 1. The summed E-state index contributed by atoms with van der Waals surface area (Å²) in [7, 11) is 3.86. The van der Waals surface area contributed by atoms with Crippen LogP contribution in [0.2, 0.25) is 0 Å². The number of amides is 1. The van der Waals surface area contributed by atoms with Gasteiger partial charge in [-0.15, -0.1) is 0 Å². The summed E-state index contributed by atoms with van der Waals surface area (Å²) in [4.78, 5) is 26.0. The molecule has 7 nitrogen and oxygen atoms in total. The van der Waals surface area contributed by atoms with Crippen molar-refractivity contribution in [2.75, 3.05) is 45.7 Å². The largest absolute Gasteiger partial charge is 0.496 e. The molecule has 4 rings (SSSR count). The maximum Gasteiger partial charge on any atom is 0.219 e. The van der Waals surface area contributed by atoms with Gasteiger partial charge >= 0.3 is 0 Å². The molecule has 172 valence electrons. The Labute approximate surface area is 191 Å². The number of hydrogen-bond donors (Lipinski definition) is 1. The normalized spacial score (nSPS) is 17.2. The van der Waals surface area contributed by atoms with E-state index in [2.05, 4.69) is 36.3 Å². The van der Waals surface area contributed by atoms with Crippen LogP contribution in [0.5, 0.6) is 5.75 Å². The Hall–Kier alpha value is -2.67. The van der Waals surface area contributed by atoms with Gasteiger partial charge in [-0.3, -0.25) is 4.79 Å². The number of fused-ring (bicyclic) bond motifs is 1. The van der Waals surface area contributed by atoms with Crippen LogP contribution < -0.4 is 10.1 Å². The maximum atomic E-state index is 11.7. The van der Waals surface area contributed by atoms with Crippen LogP contribution in [0, 0.1) is 6.92 Å². The van der Waals surface area contributed by atoms with E-state index >= 15 is 0 Å². The zero-order valence-corrected chi connectivity index (χ0v) is 19.8. The van der Waals surface area contributed by atoms with Crippen molar-refractivity contribution >= 4 is 11.7 Å². The first-order chi connectivity index (χ1) is 15.4. The predicted octanol–water partition coefficient (Wildman–Crippen LogP) is 3.16. The molecule has 1 fully saturated rings.